The first-order chi connectivity index (χ1) is 24.1. The third-order valence-electron chi connectivity index (χ3n) is 13.4. The average molecular weight is 704 g/mol. The molecule has 2 heterocycles. The summed E-state index contributed by atoms with van der Waals surface area (Å²) >= 11 is 0. The van der Waals surface area contributed by atoms with Gasteiger partial charge in [0.1, 0.15) is 0 Å². The number of hydrogen-bond donors (Lipinski definition) is 7. The molecule has 1 spiro atoms. The number of fused-ring (bicyclic) bond motifs is 1. The van der Waals surface area contributed by atoms with Gasteiger partial charge in [0.2, 0.25) is 11.8 Å². The number of piperidine rings is 2. The second-order valence-electron chi connectivity index (χ2n) is 17.1. The van der Waals surface area contributed by atoms with Crippen LogP contribution in [-0.2, 0) is 14.3 Å². The molecule has 286 valence electrons. The van der Waals surface area contributed by atoms with Crippen molar-refractivity contribution in [1.82, 2.24) is 36.4 Å². The quantitative estimate of drug-likeness (QED) is 0.112. The summed E-state index contributed by atoms with van der Waals surface area (Å²) in [5.74, 6) is 1.52. The standard InChI is InChI=1S/C38H69N7O5/c1-4-45(15-13-40-36(48)26-6-7-26)35-18-29(17-34(43-35)42-30-19-38(20-30)11-5-12-38)37(49)41-21-31(46)23-44-14-10-27-16-32(9-8-28(27)22-44)50-24-33(47)25(2)39-3/h25-35,39,42-43,46-47H,4-24H2,1-3H3,(H,40,48)(H,41,49)/t25?,27?,28?,29?,31-,32?,33?,34?,35?/m0/s1. The van der Waals surface area contributed by atoms with Crippen LogP contribution in [0.15, 0.2) is 0 Å². The zero-order valence-electron chi connectivity index (χ0n) is 31.2. The summed E-state index contributed by atoms with van der Waals surface area (Å²) in [6.07, 6.45) is 13.6. The smallest absolute Gasteiger partial charge is 0.223 e. The van der Waals surface area contributed by atoms with Crippen molar-refractivity contribution in [3.63, 3.8) is 0 Å². The van der Waals surface area contributed by atoms with E-state index in [1.54, 1.807) is 0 Å². The van der Waals surface area contributed by atoms with Crippen LogP contribution in [0.2, 0.25) is 0 Å². The molecule has 2 aliphatic heterocycles. The van der Waals surface area contributed by atoms with Crippen molar-refractivity contribution in [2.24, 2.45) is 29.1 Å². The van der Waals surface area contributed by atoms with Gasteiger partial charge in [0.05, 0.1) is 37.3 Å². The van der Waals surface area contributed by atoms with Gasteiger partial charge in [-0.15, -0.1) is 0 Å². The van der Waals surface area contributed by atoms with Gasteiger partial charge in [0.25, 0.3) is 0 Å². The van der Waals surface area contributed by atoms with Crippen molar-refractivity contribution in [3.8, 4) is 0 Å². The lowest BCUT2D eigenvalue weighted by Gasteiger charge is -2.55. The first kappa shape index (κ1) is 38.3. The van der Waals surface area contributed by atoms with E-state index >= 15 is 0 Å². The molecular formula is C38H69N7O5. The number of nitrogens with one attached hydrogen (secondary N) is 5. The number of likely N-dealkylation sites (tertiary alicyclic amines) is 1. The molecule has 12 heteroatoms. The summed E-state index contributed by atoms with van der Waals surface area (Å²) in [7, 11) is 1.86. The highest BCUT2D eigenvalue weighted by molar-refractivity contribution is 5.80. The number of hydrogen-bond acceptors (Lipinski definition) is 10. The normalized spacial score (nSPS) is 33.2. The Morgan fingerprint density at radius 1 is 1.00 bits per heavy atom. The number of rotatable bonds is 18. The maximum atomic E-state index is 13.7. The predicted molar refractivity (Wildman–Crippen MR) is 194 cm³/mol. The molecule has 4 saturated carbocycles. The number of aliphatic hydroxyl groups excluding tert-OH is 2. The number of likely N-dealkylation sites (N-methyl/N-ethyl adjacent to an activating group) is 2. The van der Waals surface area contributed by atoms with E-state index in [1.165, 1.54) is 32.1 Å². The molecule has 6 fully saturated rings. The third kappa shape index (κ3) is 10.2. The van der Waals surface area contributed by atoms with E-state index < -0.39 is 12.2 Å². The Bertz CT molecular complexity index is 1100. The zero-order chi connectivity index (χ0) is 35.3. The Kier molecular flexibility index (Phi) is 13.5. The van der Waals surface area contributed by atoms with Gasteiger partial charge >= 0.3 is 0 Å². The van der Waals surface area contributed by atoms with Gasteiger partial charge in [-0.1, -0.05) is 13.3 Å². The zero-order valence-corrected chi connectivity index (χ0v) is 31.2. The summed E-state index contributed by atoms with van der Waals surface area (Å²) in [6.45, 7) is 9.52. The first-order valence-electron chi connectivity index (χ1n) is 20.3. The molecule has 2 amide bonds. The van der Waals surface area contributed by atoms with Crippen LogP contribution in [0, 0.1) is 29.1 Å². The lowest BCUT2D eigenvalue weighted by Crippen LogP contribution is -2.64. The number of β-amino-alcohol motifs (C(OH)–C–C–N with tert-alkyl or cyclic N) is 1. The number of aliphatic hydroxyl groups is 2. The third-order valence-corrected chi connectivity index (χ3v) is 13.4. The molecule has 50 heavy (non-hydrogen) atoms. The van der Waals surface area contributed by atoms with Crippen molar-refractivity contribution in [2.75, 3.05) is 59.5 Å². The van der Waals surface area contributed by atoms with Crippen LogP contribution < -0.4 is 26.6 Å². The Morgan fingerprint density at radius 3 is 2.48 bits per heavy atom. The minimum Gasteiger partial charge on any atom is -0.390 e. The van der Waals surface area contributed by atoms with E-state index in [2.05, 4.69) is 43.3 Å². The van der Waals surface area contributed by atoms with E-state index in [0.717, 1.165) is 71.1 Å². The number of amides is 2. The molecule has 0 aromatic rings. The van der Waals surface area contributed by atoms with Crippen LogP contribution >= 0.6 is 0 Å². The number of carbonyl (C=O) groups is 2. The van der Waals surface area contributed by atoms with Crippen molar-refractivity contribution >= 4 is 11.8 Å². The van der Waals surface area contributed by atoms with Crippen molar-refractivity contribution in [1.29, 1.82) is 0 Å². The fourth-order valence-electron chi connectivity index (χ4n) is 9.69. The molecule has 7 N–H and O–H groups in total. The van der Waals surface area contributed by atoms with Crippen molar-refractivity contribution in [3.05, 3.63) is 0 Å². The molecule has 0 aromatic carbocycles. The summed E-state index contributed by atoms with van der Waals surface area (Å²) in [5.41, 5.74) is 0.590. The highest BCUT2D eigenvalue weighted by Crippen LogP contribution is 2.56. The van der Waals surface area contributed by atoms with E-state index in [-0.39, 0.29) is 54.7 Å². The number of ether oxygens (including phenoxy) is 1. The van der Waals surface area contributed by atoms with Crippen LogP contribution in [0.5, 0.6) is 0 Å². The lowest BCUT2D eigenvalue weighted by atomic mass is 9.54. The maximum absolute atomic E-state index is 13.7. The fraction of sp³-hybridized carbons (Fsp3) is 0.947. The average Bonchev–Trinajstić information content (AvgIpc) is 3.94. The molecule has 9 atom stereocenters. The molecule has 0 aromatic heterocycles. The van der Waals surface area contributed by atoms with Gasteiger partial charge in [-0.2, -0.15) is 0 Å². The summed E-state index contributed by atoms with van der Waals surface area (Å²) in [5, 5.41) is 38.4. The molecule has 12 nitrogen and oxygen atoms in total. The molecule has 4 aliphatic carbocycles. The molecule has 0 radical (unpaired) electrons. The summed E-state index contributed by atoms with van der Waals surface area (Å²) in [4.78, 5) is 30.7. The second-order valence-corrected chi connectivity index (χ2v) is 17.1. The van der Waals surface area contributed by atoms with Crippen molar-refractivity contribution < 1.29 is 24.5 Å². The van der Waals surface area contributed by atoms with Gasteiger partial charge < -0.3 is 35.8 Å². The van der Waals surface area contributed by atoms with Crippen molar-refractivity contribution in [2.45, 2.75) is 140 Å². The van der Waals surface area contributed by atoms with Crippen LogP contribution in [0.3, 0.4) is 0 Å². The first-order valence-corrected chi connectivity index (χ1v) is 20.3. The Hall–Kier alpha value is -1.38. The van der Waals surface area contributed by atoms with Gasteiger partial charge in [0, 0.05) is 56.6 Å². The molecule has 0 bridgehead atoms. The van der Waals surface area contributed by atoms with E-state index in [4.69, 9.17) is 4.74 Å². The molecule has 6 aliphatic rings. The SMILES string of the molecule is CCN(CCNC(=O)C1CC1)C1CC(C(=O)NC[C@H](O)CN2CCC3CC(OCC(O)C(C)NC)CCC3C2)CC(NC2CC3(CCC3)C2)N1. The topological polar surface area (TPSA) is 150 Å². The maximum Gasteiger partial charge on any atom is 0.223 e. The van der Waals surface area contributed by atoms with Gasteiger partial charge in [0.15, 0.2) is 0 Å². The highest BCUT2D eigenvalue weighted by Gasteiger charge is 2.49. The van der Waals surface area contributed by atoms with Crippen LogP contribution in [-0.4, -0.2) is 134 Å². The minimum atomic E-state index is -0.604. The molecule has 2 saturated heterocycles. The minimum absolute atomic E-state index is 0.0158. The lowest BCUT2D eigenvalue weighted by molar-refractivity contribution is -0.128. The Balaban J connectivity index is 0.940. The summed E-state index contributed by atoms with van der Waals surface area (Å²) < 4.78 is 6.11. The van der Waals surface area contributed by atoms with Crippen LogP contribution in [0.1, 0.15) is 97.3 Å². The highest BCUT2D eigenvalue weighted by atomic mass is 16.5. The number of nitrogens with zero attached hydrogens (tertiary/aromatic N) is 2. The summed E-state index contributed by atoms with van der Waals surface area (Å²) in [6, 6.07) is 0.527. The molecule has 8 unspecified atom stereocenters. The van der Waals surface area contributed by atoms with Crippen LogP contribution in [0.4, 0.5) is 0 Å². The Labute approximate surface area is 301 Å². The van der Waals surface area contributed by atoms with Gasteiger partial charge in [-0.25, -0.2) is 0 Å². The van der Waals surface area contributed by atoms with Gasteiger partial charge in [-0.05, 0) is 121 Å². The van der Waals surface area contributed by atoms with Gasteiger partial charge in [-0.3, -0.25) is 25.1 Å². The van der Waals surface area contributed by atoms with E-state index in [0.29, 0.717) is 49.4 Å². The largest absolute Gasteiger partial charge is 0.390 e. The fourth-order valence-corrected chi connectivity index (χ4v) is 9.69. The Morgan fingerprint density at radius 2 is 1.78 bits per heavy atom. The monoisotopic (exact) mass is 704 g/mol. The second kappa shape index (κ2) is 17.6. The predicted octanol–water partition coefficient (Wildman–Crippen LogP) is 1.36. The number of carbonyl (C=O) groups excluding carboxylic acids is 2. The van der Waals surface area contributed by atoms with Crippen LogP contribution in [0.25, 0.3) is 0 Å². The molecule has 6 rings (SSSR count). The molecular weight excluding hydrogens is 634 g/mol. The van der Waals surface area contributed by atoms with E-state index in [1.807, 2.05) is 14.0 Å². The van der Waals surface area contributed by atoms with E-state index in [9.17, 15) is 19.8 Å².